The molecule has 49 heavy (non-hydrogen) atoms. The minimum absolute atomic E-state index is 0.0889. The van der Waals surface area contributed by atoms with E-state index in [1.165, 1.54) is 37.5 Å². The highest BCUT2D eigenvalue weighted by Gasteiger charge is 2.33. The number of rotatable bonds is 8. The number of fused-ring (bicyclic) bond motifs is 1. The molecule has 0 bridgehead atoms. The molecule has 0 radical (unpaired) electrons. The van der Waals surface area contributed by atoms with Gasteiger partial charge in [-0.3, -0.25) is 9.69 Å². The van der Waals surface area contributed by atoms with Gasteiger partial charge in [0.2, 0.25) is 0 Å². The van der Waals surface area contributed by atoms with Crippen molar-refractivity contribution in [1.82, 2.24) is 20.1 Å². The molecule has 1 aromatic heterocycles. The second kappa shape index (κ2) is 14.4. The van der Waals surface area contributed by atoms with Crippen molar-refractivity contribution in [2.24, 2.45) is 0 Å². The standard InChI is InChI=1S/C37H40ClF3N4O3S/c1-24(25-10-5-3-6-11-25)42-36(46)34-29-21-33(49(2,47)48)31(38)22-32(29)43-35(26-12-9-13-27(20-26)37(39,40)41)30(34)23-44-18-14-28(15-19-44)45-16-7-4-8-17-45/h3,5-6,9-13,20-22,24,28H,4,7-8,14-19,23H2,1-2H3,(H,42,46)/t24-/m0/s1. The summed E-state index contributed by atoms with van der Waals surface area (Å²) in [5.41, 5.74) is 1.24. The van der Waals surface area contributed by atoms with Crippen molar-refractivity contribution in [2.45, 2.75) is 68.7 Å². The normalized spacial score (nSPS) is 17.7. The lowest BCUT2D eigenvalue weighted by molar-refractivity contribution is -0.137. The number of nitrogens with one attached hydrogen (secondary N) is 1. The van der Waals surface area contributed by atoms with Gasteiger partial charge in [-0.2, -0.15) is 13.2 Å². The Kier molecular flexibility index (Phi) is 10.4. The number of nitrogens with zero attached hydrogens (tertiary/aromatic N) is 3. The third-order valence-corrected chi connectivity index (χ3v) is 11.3. The molecule has 1 atom stereocenters. The third-order valence-electron chi connectivity index (χ3n) is 9.72. The number of sulfone groups is 1. The molecule has 0 unspecified atom stereocenters. The number of benzene rings is 3. The van der Waals surface area contributed by atoms with Gasteiger partial charge >= 0.3 is 6.18 Å². The first kappa shape index (κ1) is 35.3. The van der Waals surface area contributed by atoms with Gasteiger partial charge in [-0.1, -0.05) is 60.5 Å². The largest absolute Gasteiger partial charge is 0.416 e. The molecule has 260 valence electrons. The zero-order valence-electron chi connectivity index (χ0n) is 27.6. The molecule has 2 fully saturated rings. The molecule has 1 amide bonds. The van der Waals surface area contributed by atoms with Crippen LogP contribution in [0.1, 0.15) is 72.1 Å². The Labute approximate surface area is 290 Å². The van der Waals surface area contributed by atoms with Crippen molar-refractivity contribution in [3.63, 3.8) is 0 Å². The Balaban J connectivity index is 1.51. The van der Waals surface area contributed by atoms with Gasteiger partial charge in [0, 0.05) is 35.4 Å². The maximum atomic E-state index is 14.5. The summed E-state index contributed by atoms with van der Waals surface area (Å²) >= 11 is 6.46. The van der Waals surface area contributed by atoms with E-state index in [-0.39, 0.29) is 44.2 Å². The first-order chi connectivity index (χ1) is 23.3. The highest BCUT2D eigenvalue weighted by Crippen LogP contribution is 2.38. The van der Waals surface area contributed by atoms with E-state index in [4.69, 9.17) is 16.6 Å². The Morgan fingerprint density at radius 3 is 2.33 bits per heavy atom. The van der Waals surface area contributed by atoms with Crippen LogP contribution in [0.25, 0.3) is 22.2 Å². The number of halogens is 4. The number of carbonyl (C=O) groups excluding carboxylic acids is 1. The van der Waals surface area contributed by atoms with Crippen LogP contribution in [0.5, 0.6) is 0 Å². The predicted octanol–water partition coefficient (Wildman–Crippen LogP) is 7.92. The van der Waals surface area contributed by atoms with Crippen molar-refractivity contribution in [2.75, 3.05) is 32.4 Å². The van der Waals surface area contributed by atoms with Gasteiger partial charge in [-0.15, -0.1) is 0 Å². The fourth-order valence-electron chi connectivity index (χ4n) is 7.13. The third kappa shape index (κ3) is 7.95. The van der Waals surface area contributed by atoms with Crippen LogP contribution in [-0.2, 0) is 22.6 Å². The molecule has 4 aromatic rings. The summed E-state index contributed by atoms with van der Waals surface area (Å²) in [5, 5.41) is 3.24. The topological polar surface area (TPSA) is 82.6 Å². The summed E-state index contributed by atoms with van der Waals surface area (Å²) in [4.78, 5) is 23.9. The first-order valence-electron chi connectivity index (χ1n) is 16.7. The fourth-order valence-corrected chi connectivity index (χ4v) is 8.45. The minimum Gasteiger partial charge on any atom is -0.345 e. The lowest BCUT2D eigenvalue weighted by atomic mass is 9.93. The average molecular weight is 713 g/mol. The number of aromatic nitrogens is 1. The molecule has 7 nitrogen and oxygen atoms in total. The van der Waals surface area contributed by atoms with Crippen LogP contribution in [0.4, 0.5) is 13.2 Å². The second-order valence-corrected chi connectivity index (χ2v) is 15.6. The van der Waals surface area contributed by atoms with Gasteiger partial charge in [0.15, 0.2) is 9.84 Å². The molecular formula is C37H40ClF3N4O3S. The molecular weight excluding hydrogens is 673 g/mol. The van der Waals surface area contributed by atoms with Gasteiger partial charge in [0.1, 0.15) is 0 Å². The van der Waals surface area contributed by atoms with Crippen molar-refractivity contribution in [1.29, 1.82) is 0 Å². The molecule has 3 heterocycles. The number of likely N-dealkylation sites (tertiary alicyclic amines) is 2. The highest BCUT2D eigenvalue weighted by atomic mass is 35.5. The number of hydrogen-bond acceptors (Lipinski definition) is 6. The molecule has 0 saturated carbocycles. The van der Waals surface area contributed by atoms with Crippen molar-refractivity contribution in [3.8, 4) is 11.3 Å². The van der Waals surface area contributed by atoms with E-state index >= 15 is 0 Å². The second-order valence-electron chi connectivity index (χ2n) is 13.2. The molecule has 6 rings (SSSR count). The Bertz CT molecular complexity index is 1940. The van der Waals surface area contributed by atoms with Gasteiger partial charge in [0.05, 0.1) is 38.3 Å². The van der Waals surface area contributed by atoms with E-state index in [0.29, 0.717) is 11.6 Å². The van der Waals surface area contributed by atoms with E-state index < -0.39 is 33.5 Å². The van der Waals surface area contributed by atoms with Gasteiger partial charge in [-0.05, 0) is 88.6 Å². The molecule has 1 N–H and O–H groups in total. The molecule has 2 saturated heterocycles. The highest BCUT2D eigenvalue weighted by molar-refractivity contribution is 7.90. The van der Waals surface area contributed by atoms with Gasteiger partial charge in [-0.25, -0.2) is 13.4 Å². The minimum atomic E-state index is -4.59. The van der Waals surface area contributed by atoms with Crippen LogP contribution < -0.4 is 5.32 Å². The molecule has 12 heteroatoms. The lowest BCUT2D eigenvalue weighted by Crippen LogP contribution is -2.46. The van der Waals surface area contributed by atoms with E-state index in [1.54, 1.807) is 6.07 Å². The van der Waals surface area contributed by atoms with Gasteiger partial charge in [0.25, 0.3) is 5.91 Å². The number of alkyl halides is 3. The van der Waals surface area contributed by atoms with Crippen LogP contribution in [0.3, 0.4) is 0 Å². The summed E-state index contributed by atoms with van der Waals surface area (Å²) in [5.74, 6) is -0.489. The average Bonchev–Trinajstić information content (AvgIpc) is 3.08. The van der Waals surface area contributed by atoms with Crippen LogP contribution >= 0.6 is 11.6 Å². The SMILES string of the molecule is C[C@H](NC(=O)c1c(CN2CCC(N3CCCCC3)CC2)c(-c2cccc(C(F)(F)F)c2)nc2cc(Cl)c(S(C)(=O)=O)cc12)c1ccccc1. The van der Waals surface area contributed by atoms with Crippen LogP contribution in [0, 0.1) is 0 Å². The maximum absolute atomic E-state index is 14.5. The smallest absolute Gasteiger partial charge is 0.345 e. The molecule has 2 aliphatic rings. The van der Waals surface area contributed by atoms with E-state index in [9.17, 15) is 26.4 Å². The summed E-state index contributed by atoms with van der Waals surface area (Å²) in [6.07, 6.45) is 1.95. The predicted molar refractivity (Wildman–Crippen MR) is 186 cm³/mol. The van der Waals surface area contributed by atoms with E-state index in [2.05, 4.69) is 15.1 Å². The fraction of sp³-hybridized carbons (Fsp3) is 0.405. The van der Waals surface area contributed by atoms with Crippen molar-refractivity contribution in [3.05, 3.63) is 94.0 Å². The summed E-state index contributed by atoms with van der Waals surface area (Å²) in [6.45, 7) is 5.73. The Hall–Kier alpha value is -3.51. The number of piperidine rings is 2. The summed E-state index contributed by atoms with van der Waals surface area (Å²) in [6, 6.07) is 17.1. The van der Waals surface area contributed by atoms with Gasteiger partial charge < -0.3 is 10.2 Å². The zero-order chi connectivity index (χ0) is 34.9. The zero-order valence-corrected chi connectivity index (χ0v) is 29.1. The number of amides is 1. The molecule has 0 aliphatic carbocycles. The quantitative estimate of drug-likeness (QED) is 0.200. The summed E-state index contributed by atoms with van der Waals surface area (Å²) in [7, 11) is -3.81. The molecule has 0 spiro atoms. The van der Waals surface area contributed by atoms with E-state index in [1.807, 2.05) is 37.3 Å². The summed E-state index contributed by atoms with van der Waals surface area (Å²) < 4.78 is 67.5. The van der Waals surface area contributed by atoms with Crippen LogP contribution in [-0.4, -0.2) is 67.6 Å². The lowest BCUT2D eigenvalue weighted by Gasteiger charge is -2.40. The Morgan fingerprint density at radius 1 is 0.980 bits per heavy atom. The molecule has 2 aliphatic heterocycles. The first-order valence-corrected chi connectivity index (χ1v) is 18.9. The number of pyridine rings is 1. The number of carbonyl (C=O) groups is 1. The maximum Gasteiger partial charge on any atom is 0.416 e. The van der Waals surface area contributed by atoms with Crippen LogP contribution in [0.2, 0.25) is 5.02 Å². The van der Waals surface area contributed by atoms with Crippen molar-refractivity contribution < 1.29 is 26.4 Å². The van der Waals surface area contributed by atoms with Crippen molar-refractivity contribution >= 4 is 38.2 Å². The van der Waals surface area contributed by atoms with E-state index in [0.717, 1.165) is 63.0 Å². The number of hydrogen-bond donors (Lipinski definition) is 1. The monoisotopic (exact) mass is 712 g/mol. The molecule has 3 aromatic carbocycles. The van der Waals surface area contributed by atoms with Crippen LogP contribution in [0.15, 0.2) is 71.6 Å². The Morgan fingerprint density at radius 2 is 1.67 bits per heavy atom.